The molecule has 0 radical (unpaired) electrons. The molecule has 13 nitrogen and oxygen atoms in total. The van der Waals surface area contributed by atoms with Crippen molar-refractivity contribution in [1.82, 2.24) is 29.0 Å². The van der Waals surface area contributed by atoms with Gasteiger partial charge in [-0.2, -0.15) is 22.7 Å². The van der Waals surface area contributed by atoms with Gasteiger partial charge in [-0.25, -0.2) is 4.98 Å². The molecule has 264 valence electrons. The second-order valence-electron chi connectivity index (χ2n) is 12.0. The first-order chi connectivity index (χ1) is 24.3. The van der Waals surface area contributed by atoms with Gasteiger partial charge < -0.3 is 24.6 Å². The molecule has 2 aromatic carbocycles. The number of aromatic hydroxyl groups is 1. The number of carbonyl (C=O) groups excluding carboxylic acids is 2. The van der Waals surface area contributed by atoms with Gasteiger partial charge in [0.1, 0.15) is 17.9 Å². The predicted molar refractivity (Wildman–Crippen MR) is 178 cm³/mol. The smallest absolute Gasteiger partial charge is 0.416 e. The molecule has 0 bridgehead atoms. The Morgan fingerprint density at radius 3 is 2.49 bits per heavy atom. The highest BCUT2D eigenvalue weighted by Crippen LogP contribution is 2.43. The van der Waals surface area contributed by atoms with Gasteiger partial charge in [0, 0.05) is 46.8 Å². The summed E-state index contributed by atoms with van der Waals surface area (Å²) in [6.45, 7) is -0.221. The first-order valence-corrected chi connectivity index (χ1v) is 17.4. The zero-order valence-corrected chi connectivity index (χ0v) is 28.2. The molecule has 0 saturated carbocycles. The van der Waals surface area contributed by atoms with Crippen LogP contribution in [0, 0.1) is 0 Å². The molecule has 1 spiro atoms. The second-order valence-corrected chi connectivity index (χ2v) is 13.8. The Hall–Kier alpha value is -5.13. The van der Waals surface area contributed by atoms with Crippen LogP contribution in [0.2, 0.25) is 5.02 Å². The normalized spacial score (nSPS) is 16.0. The molecule has 1 unspecified atom stereocenters. The SMILES string of the molecule is CS(=O)c1ccc(-c2nc3n(CC(=O)Nc4ccc(C(F)(F)F)cc4Cl)c4c(c(=O)n3n2)C2(CCN(C(=O)c3ncccc3O)CC2)OC4)cc1. The van der Waals surface area contributed by atoms with E-state index < -0.39 is 52.1 Å². The molecule has 2 aliphatic heterocycles. The van der Waals surface area contributed by atoms with Crippen molar-refractivity contribution >= 4 is 45.7 Å². The number of ether oxygens (including phenoxy) is 1. The Morgan fingerprint density at radius 2 is 1.84 bits per heavy atom. The van der Waals surface area contributed by atoms with Gasteiger partial charge in [0.2, 0.25) is 11.7 Å². The fourth-order valence-corrected chi connectivity index (χ4v) is 7.12. The quantitative estimate of drug-likeness (QED) is 0.258. The molecule has 5 heterocycles. The fraction of sp³-hybridized carbons (Fsp3) is 0.273. The number of nitrogens with zero attached hydrogens (tertiary/aromatic N) is 6. The van der Waals surface area contributed by atoms with Crippen LogP contribution in [0.15, 0.2) is 70.5 Å². The van der Waals surface area contributed by atoms with Crippen molar-refractivity contribution in [3.05, 3.63) is 98.7 Å². The molecule has 3 aromatic heterocycles. The maximum absolute atomic E-state index is 14.2. The van der Waals surface area contributed by atoms with Gasteiger partial charge in [-0.05, 0) is 67.4 Å². The van der Waals surface area contributed by atoms with Crippen LogP contribution >= 0.6 is 11.6 Å². The number of hydrogen-bond donors (Lipinski definition) is 2. The Balaban J connectivity index is 1.26. The van der Waals surface area contributed by atoms with Gasteiger partial charge in [0.05, 0.1) is 34.1 Å². The molecule has 2 N–H and O–H groups in total. The first kappa shape index (κ1) is 34.3. The molecule has 1 fully saturated rings. The van der Waals surface area contributed by atoms with Gasteiger partial charge in [0.25, 0.3) is 11.5 Å². The van der Waals surface area contributed by atoms with Crippen molar-refractivity contribution in [2.45, 2.75) is 42.7 Å². The average Bonchev–Trinajstić information content (AvgIpc) is 3.71. The third-order valence-corrected chi connectivity index (χ3v) is 10.2. The molecule has 0 aliphatic carbocycles. The number of anilines is 1. The third kappa shape index (κ3) is 6.25. The standard InChI is InChI=1S/C33H27ClF3N7O6S/c1-51(49)20-7-4-18(5-8-20)28-40-31-43(16-25(46)39-22-9-6-19(15-21(22)34)33(35,36)37)23-17-50-32(26(23)29(47)44(31)41-28)10-13-42(14-11-32)30(48)27-24(45)3-2-12-38-27/h2-9,12,15,45H,10-11,13-14,16-17H2,1H3,(H,39,46). The van der Waals surface area contributed by atoms with E-state index in [4.69, 9.17) is 16.3 Å². The van der Waals surface area contributed by atoms with Gasteiger partial charge in [-0.1, -0.05) is 11.6 Å². The van der Waals surface area contributed by atoms with E-state index in [0.717, 1.165) is 16.6 Å². The molecule has 5 aromatic rings. The maximum atomic E-state index is 14.2. The van der Waals surface area contributed by atoms with Crippen LogP contribution in [0.3, 0.4) is 0 Å². The Morgan fingerprint density at radius 1 is 1.12 bits per heavy atom. The van der Waals surface area contributed by atoms with E-state index in [1.165, 1.54) is 34.1 Å². The van der Waals surface area contributed by atoms with Crippen molar-refractivity contribution < 1.29 is 36.8 Å². The van der Waals surface area contributed by atoms with E-state index in [2.05, 4.69) is 20.4 Å². The van der Waals surface area contributed by atoms with Crippen LogP contribution in [-0.4, -0.2) is 69.5 Å². The summed E-state index contributed by atoms with van der Waals surface area (Å²) in [6.07, 6.45) is -1.30. The minimum Gasteiger partial charge on any atom is -0.505 e. The summed E-state index contributed by atoms with van der Waals surface area (Å²) in [4.78, 5) is 51.6. The van der Waals surface area contributed by atoms with E-state index in [9.17, 15) is 36.9 Å². The summed E-state index contributed by atoms with van der Waals surface area (Å²) in [6, 6.07) is 12.0. The van der Waals surface area contributed by atoms with Crippen molar-refractivity contribution in [2.24, 2.45) is 0 Å². The van der Waals surface area contributed by atoms with Crippen LogP contribution in [0.4, 0.5) is 18.9 Å². The number of nitrogens with one attached hydrogen (secondary N) is 1. The number of fused-ring (bicyclic) bond motifs is 3. The van der Waals surface area contributed by atoms with Crippen LogP contribution in [0.5, 0.6) is 5.75 Å². The highest BCUT2D eigenvalue weighted by atomic mass is 35.5. The van der Waals surface area contributed by atoms with Crippen LogP contribution in [0.25, 0.3) is 17.2 Å². The largest absolute Gasteiger partial charge is 0.505 e. The van der Waals surface area contributed by atoms with E-state index in [0.29, 0.717) is 22.2 Å². The summed E-state index contributed by atoms with van der Waals surface area (Å²) in [5, 5.41) is 16.9. The number of pyridine rings is 1. The molecule has 1 atom stereocenters. The van der Waals surface area contributed by atoms with E-state index in [1.807, 2.05) is 0 Å². The molecule has 51 heavy (non-hydrogen) atoms. The van der Waals surface area contributed by atoms with Gasteiger partial charge in [-0.15, -0.1) is 5.10 Å². The lowest BCUT2D eigenvalue weighted by Gasteiger charge is -2.38. The number of halogens is 4. The van der Waals surface area contributed by atoms with Crippen molar-refractivity contribution in [3.8, 4) is 17.1 Å². The van der Waals surface area contributed by atoms with Crippen LogP contribution in [-0.2, 0) is 45.3 Å². The molecule has 18 heteroatoms. The Kier molecular flexibility index (Phi) is 8.67. The van der Waals surface area contributed by atoms with Gasteiger partial charge in [0.15, 0.2) is 11.5 Å². The molecule has 2 aliphatic rings. The zero-order chi connectivity index (χ0) is 36.2. The molecule has 1 saturated heterocycles. The zero-order valence-electron chi connectivity index (χ0n) is 26.6. The van der Waals surface area contributed by atoms with Crippen LogP contribution in [0.1, 0.15) is 40.2 Å². The molecule has 7 rings (SSSR count). The van der Waals surface area contributed by atoms with E-state index >= 15 is 0 Å². The Labute approximate surface area is 294 Å². The number of carbonyl (C=O) groups is 2. The second kappa shape index (κ2) is 12.9. The summed E-state index contributed by atoms with van der Waals surface area (Å²) in [5.41, 5.74) is -1.73. The lowest BCUT2D eigenvalue weighted by atomic mass is 9.85. The van der Waals surface area contributed by atoms with E-state index in [1.54, 1.807) is 24.3 Å². The number of amides is 2. The van der Waals surface area contributed by atoms with Crippen molar-refractivity contribution in [1.29, 1.82) is 0 Å². The number of aromatic nitrogens is 5. The number of rotatable bonds is 6. The molecular formula is C33H27ClF3N7O6S. The fourth-order valence-electron chi connectivity index (χ4n) is 6.37. The van der Waals surface area contributed by atoms with Crippen molar-refractivity contribution in [2.75, 3.05) is 24.7 Å². The third-order valence-electron chi connectivity index (χ3n) is 8.96. The van der Waals surface area contributed by atoms with Gasteiger partial charge >= 0.3 is 6.18 Å². The summed E-state index contributed by atoms with van der Waals surface area (Å²) >= 11 is 6.10. The molecular weight excluding hydrogens is 715 g/mol. The highest BCUT2D eigenvalue weighted by Gasteiger charge is 2.48. The maximum Gasteiger partial charge on any atom is 0.416 e. The minimum absolute atomic E-state index is 0.00412. The van der Waals surface area contributed by atoms with Gasteiger partial charge in [-0.3, -0.25) is 18.6 Å². The lowest BCUT2D eigenvalue weighted by molar-refractivity contribution is -0.137. The first-order valence-electron chi connectivity index (χ1n) is 15.5. The minimum atomic E-state index is -4.63. The Bertz CT molecular complexity index is 2300. The number of piperidine rings is 1. The predicted octanol–water partition coefficient (Wildman–Crippen LogP) is 4.37. The topological polar surface area (TPSA) is 161 Å². The number of likely N-dealkylation sites (tertiary alicyclic amines) is 1. The van der Waals surface area contributed by atoms with E-state index in [-0.39, 0.29) is 71.9 Å². The molecule has 2 amide bonds. The highest BCUT2D eigenvalue weighted by molar-refractivity contribution is 7.84. The number of hydrogen-bond acceptors (Lipinski definition) is 9. The number of benzene rings is 2. The lowest BCUT2D eigenvalue weighted by Crippen LogP contribution is -2.47. The number of alkyl halides is 3. The monoisotopic (exact) mass is 741 g/mol. The van der Waals surface area contributed by atoms with Crippen molar-refractivity contribution in [3.63, 3.8) is 0 Å². The summed E-state index contributed by atoms with van der Waals surface area (Å²) < 4.78 is 60.4. The van der Waals surface area contributed by atoms with Crippen LogP contribution < -0.4 is 10.9 Å². The summed E-state index contributed by atoms with van der Waals surface area (Å²) in [5.74, 6) is -1.27. The summed E-state index contributed by atoms with van der Waals surface area (Å²) in [7, 11) is -1.24. The average molecular weight is 742 g/mol.